The van der Waals surface area contributed by atoms with Crippen LogP contribution in [0, 0.1) is 0 Å². The summed E-state index contributed by atoms with van der Waals surface area (Å²) in [6.45, 7) is 4.64. The number of hydrogen-bond acceptors (Lipinski definition) is 1. The van der Waals surface area contributed by atoms with Crippen molar-refractivity contribution in [3.8, 4) is 0 Å². The Labute approximate surface area is 81.0 Å². The molecular formula is C10H19FOSi. The maximum absolute atomic E-state index is 11.9. The average molecular weight is 201 g/mol. The lowest BCUT2D eigenvalue weighted by Crippen LogP contribution is -2.30. The Morgan fingerprint density at radius 3 is 3.00 bits per heavy atom. The van der Waals surface area contributed by atoms with E-state index in [1.165, 1.54) is 12.5 Å². The third kappa shape index (κ3) is 4.05. The zero-order valence-electron chi connectivity index (χ0n) is 8.55. The summed E-state index contributed by atoms with van der Waals surface area (Å²) < 4.78 is 17.3. The highest BCUT2D eigenvalue weighted by molar-refractivity contribution is 6.77. The van der Waals surface area contributed by atoms with E-state index >= 15 is 0 Å². The van der Waals surface area contributed by atoms with Crippen LogP contribution in [0.5, 0.6) is 0 Å². The van der Waals surface area contributed by atoms with Gasteiger partial charge in [0.25, 0.3) is 0 Å². The molecule has 13 heavy (non-hydrogen) atoms. The summed E-state index contributed by atoms with van der Waals surface area (Å²) in [4.78, 5) is 0. The molecule has 0 fully saturated rings. The molecule has 0 radical (unpaired) electrons. The molecule has 1 rings (SSSR count). The highest BCUT2D eigenvalue weighted by Crippen LogP contribution is 2.25. The van der Waals surface area contributed by atoms with Crippen molar-refractivity contribution in [1.29, 1.82) is 0 Å². The fourth-order valence-electron chi connectivity index (χ4n) is 1.75. The first-order valence-corrected chi connectivity index (χ1v) is 8.40. The Kier molecular flexibility index (Phi) is 4.13. The van der Waals surface area contributed by atoms with Crippen LogP contribution in [0.1, 0.15) is 6.42 Å². The minimum Gasteiger partial charge on any atom is -0.372 e. The second kappa shape index (κ2) is 4.91. The number of alkyl halides is 1. The molecule has 0 amide bonds. The molecule has 1 aliphatic heterocycles. The van der Waals surface area contributed by atoms with Crippen molar-refractivity contribution in [2.75, 3.05) is 13.3 Å². The number of halogens is 1. The monoisotopic (exact) mass is 201 g/mol. The highest BCUT2D eigenvalue weighted by Gasteiger charge is 2.25. The molecule has 0 aliphatic carbocycles. The average Bonchev–Trinajstić information content (AvgIpc) is 2.22. The molecule has 0 aromatic heterocycles. The molecule has 0 bridgehead atoms. The second-order valence-corrected chi connectivity index (χ2v) is 9.67. The van der Waals surface area contributed by atoms with Gasteiger partial charge >= 0.3 is 0 Å². The van der Waals surface area contributed by atoms with E-state index in [4.69, 9.17) is 4.74 Å². The fraction of sp³-hybridized carbons (Fsp3) is 0.800. The van der Waals surface area contributed by atoms with Gasteiger partial charge in [-0.3, -0.25) is 0 Å². The Balaban J connectivity index is 2.43. The summed E-state index contributed by atoms with van der Waals surface area (Å²) >= 11 is 0. The fourth-order valence-corrected chi connectivity index (χ4v) is 4.24. The number of ether oxygens (including phenoxy) is 1. The van der Waals surface area contributed by atoms with Crippen LogP contribution in [-0.4, -0.2) is 27.5 Å². The van der Waals surface area contributed by atoms with Crippen LogP contribution >= 0.6 is 0 Å². The van der Waals surface area contributed by atoms with Gasteiger partial charge in [0.15, 0.2) is 0 Å². The highest BCUT2D eigenvalue weighted by atomic mass is 28.3. The van der Waals surface area contributed by atoms with Gasteiger partial charge in [-0.2, -0.15) is 0 Å². The summed E-state index contributed by atoms with van der Waals surface area (Å²) in [6.07, 6.45) is 5.65. The molecule has 0 aromatic rings. The third-order valence-corrected chi connectivity index (χ3v) is 5.65. The molecule has 1 atom stereocenters. The van der Waals surface area contributed by atoms with Gasteiger partial charge in [0.05, 0.1) is 20.8 Å². The van der Waals surface area contributed by atoms with Crippen LogP contribution in [-0.2, 0) is 4.74 Å². The quantitative estimate of drug-likeness (QED) is 0.504. The Morgan fingerprint density at radius 2 is 2.31 bits per heavy atom. The van der Waals surface area contributed by atoms with Crippen molar-refractivity contribution < 1.29 is 9.13 Å². The largest absolute Gasteiger partial charge is 0.372 e. The summed E-state index contributed by atoms with van der Waals surface area (Å²) in [7, 11) is -1.06. The number of hydrogen-bond donors (Lipinski definition) is 0. The van der Waals surface area contributed by atoms with E-state index in [0.717, 1.165) is 6.04 Å². The molecule has 0 aromatic carbocycles. The van der Waals surface area contributed by atoms with Crippen molar-refractivity contribution in [2.24, 2.45) is 0 Å². The standard InChI is InChI=1S/C10H19FOSi/c1-13(2)8-4-3-5-10(9-13)12-7-6-11/h3,5,10H,4,6-9H2,1-2H3/i11-1. The SMILES string of the molecule is C[Si]1(C)CCC=CC(OCC[18F])C1. The second-order valence-electron chi connectivity index (χ2n) is 4.43. The van der Waals surface area contributed by atoms with Gasteiger partial charge in [0.1, 0.15) is 6.67 Å². The molecule has 0 N–H and O–H groups in total. The lowest BCUT2D eigenvalue weighted by Gasteiger charge is -2.23. The summed E-state index contributed by atoms with van der Waals surface area (Å²) in [5, 5.41) is 0. The van der Waals surface area contributed by atoms with Gasteiger partial charge in [-0.25, -0.2) is 4.39 Å². The molecule has 1 heterocycles. The van der Waals surface area contributed by atoms with E-state index in [2.05, 4.69) is 25.2 Å². The molecule has 0 saturated heterocycles. The summed E-state index contributed by atoms with van der Waals surface area (Å²) in [6, 6.07) is 2.47. The zero-order chi connectivity index (χ0) is 9.73. The van der Waals surface area contributed by atoms with Crippen LogP contribution in [0.15, 0.2) is 12.2 Å². The van der Waals surface area contributed by atoms with Gasteiger partial charge < -0.3 is 4.74 Å². The predicted octanol–water partition coefficient (Wildman–Crippen LogP) is 3.01. The van der Waals surface area contributed by atoms with Crippen molar-refractivity contribution in [1.82, 2.24) is 0 Å². The van der Waals surface area contributed by atoms with Crippen molar-refractivity contribution in [2.45, 2.75) is 37.7 Å². The molecule has 1 unspecified atom stereocenters. The molecule has 3 heteroatoms. The first-order chi connectivity index (χ1) is 6.14. The predicted molar refractivity (Wildman–Crippen MR) is 56.6 cm³/mol. The number of rotatable bonds is 3. The Hall–Kier alpha value is -0.153. The van der Waals surface area contributed by atoms with E-state index in [1.54, 1.807) is 0 Å². The van der Waals surface area contributed by atoms with Crippen LogP contribution in [0.2, 0.25) is 25.2 Å². The van der Waals surface area contributed by atoms with Crippen LogP contribution in [0.4, 0.5) is 4.39 Å². The van der Waals surface area contributed by atoms with Crippen LogP contribution in [0.3, 0.4) is 0 Å². The van der Waals surface area contributed by atoms with E-state index in [0.29, 0.717) is 0 Å². The maximum atomic E-state index is 11.9. The van der Waals surface area contributed by atoms with Gasteiger partial charge in [0, 0.05) is 0 Å². The normalized spacial score (nSPS) is 27.2. The lowest BCUT2D eigenvalue weighted by molar-refractivity contribution is 0.0846. The smallest absolute Gasteiger partial charge is 0.113 e. The van der Waals surface area contributed by atoms with Gasteiger partial charge in [0.2, 0.25) is 0 Å². The lowest BCUT2D eigenvalue weighted by atomic mass is 10.3. The van der Waals surface area contributed by atoms with Crippen molar-refractivity contribution in [3.63, 3.8) is 0 Å². The Morgan fingerprint density at radius 1 is 1.54 bits per heavy atom. The van der Waals surface area contributed by atoms with E-state index in [9.17, 15) is 4.39 Å². The molecule has 0 spiro atoms. The molecular weight excluding hydrogens is 182 g/mol. The van der Waals surface area contributed by atoms with Crippen molar-refractivity contribution in [3.05, 3.63) is 12.2 Å². The molecule has 76 valence electrons. The van der Waals surface area contributed by atoms with E-state index in [-0.39, 0.29) is 19.4 Å². The Bertz CT molecular complexity index is 180. The van der Waals surface area contributed by atoms with Crippen LogP contribution < -0.4 is 0 Å². The topological polar surface area (TPSA) is 9.23 Å². The molecule has 1 nitrogen and oxygen atoms in total. The van der Waals surface area contributed by atoms with Crippen LogP contribution in [0.25, 0.3) is 0 Å². The molecule has 1 aliphatic rings. The minimum atomic E-state index is -1.06. The zero-order valence-corrected chi connectivity index (χ0v) is 9.55. The van der Waals surface area contributed by atoms with Gasteiger partial charge in [-0.05, 0) is 12.5 Å². The first kappa shape index (κ1) is 10.9. The van der Waals surface area contributed by atoms with Crippen molar-refractivity contribution >= 4 is 8.07 Å². The van der Waals surface area contributed by atoms with Gasteiger partial charge in [-0.1, -0.05) is 31.3 Å². The van der Waals surface area contributed by atoms with E-state index < -0.39 is 8.07 Å². The minimum absolute atomic E-state index is 0.180. The third-order valence-electron chi connectivity index (χ3n) is 2.50. The maximum Gasteiger partial charge on any atom is 0.113 e. The number of allylic oxidation sites excluding steroid dienone is 1. The first-order valence-electron chi connectivity index (χ1n) is 4.98. The van der Waals surface area contributed by atoms with E-state index in [1.807, 2.05) is 0 Å². The summed E-state index contributed by atoms with van der Waals surface area (Å²) in [5.41, 5.74) is 0. The van der Waals surface area contributed by atoms with Gasteiger partial charge in [-0.15, -0.1) is 0 Å². The summed E-state index contributed by atoms with van der Waals surface area (Å²) in [5.74, 6) is 0. The molecule has 0 saturated carbocycles.